The van der Waals surface area contributed by atoms with Crippen LogP contribution in [0.2, 0.25) is 0 Å². The van der Waals surface area contributed by atoms with Crippen LogP contribution in [-0.4, -0.2) is 50.1 Å². The van der Waals surface area contributed by atoms with Crippen LogP contribution in [0.4, 0.5) is 0 Å². The van der Waals surface area contributed by atoms with E-state index in [1.54, 1.807) is 6.92 Å². The zero-order valence-corrected chi connectivity index (χ0v) is 15.4. The van der Waals surface area contributed by atoms with Crippen molar-refractivity contribution < 1.29 is 17.9 Å². The quantitative estimate of drug-likeness (QED) is 0.842. The molecule has 1 aromatic carbocycles. The third kappa shape index (κ3) is 4.70. The first-order valence-corrected chi connectivity index (χ1v) is 9.90. The molecule has 1 amide bonds. The lowest BCUT2D eigenvalue weighted by Crippen LogP contribution is -2.47. The van der Waals surface area contributed by atoms with Gasteiger partial charge in [0, 0.05) is 19.1 Å². The topological polar surface area (TPSA) is 75.7 Å². The average molecular weight is 354 g/mol. The van der Waals surface area contributed by atoms with Crippen molar-refractivity contribution in [2.24, 2.45) is 0 Å². The van der Waals surface area contributed by atoms with E-state index in [1.165, 1.54) is 4.31 Å². The predicted molar refractivity (Wildman–Crippen MR) is 93.6 cm³/mol. The molecule has 6 nitrogen and oxygen atoms in total. The summed E-state index contributed by atoms with van der Waals surface area (Å²) in [6.45, 7) is 6.50. The van der Waals surface area contributed by atoms with Gasteiger partial charge in [-0.3, -0.25) is 4.79 Å². The fourth-order valence-corrected chi connectivity index (χ4v) is 3.89. The summed E-state index contributed by atoms with van der Waals surface area (Å²) in [4.78, 5) is 12.0. The number of piperidine rings is 1. The van der Waals surface area contributed by atoms with Crippen molar-refractivity contribution in [3.05, 3.63) is 29.3 Å². The highest BCUT2D eigenvalue weighted by Crippen LogP contribution is 2.20. The van der Waals surface area contributed by atoms with Crippen LogP contribution >= 0.6 is 0 Å². The van der Waals surface area contributed by atoms with E-state index in [-0.39, 0.29) is 24.3 Å². The number of aryl methyl sites for hydroxylation is 1. The van der Waals surface area contributed by atoms with Gasteiger partial charge in [0.1, 0.15) is 5.75 Å². The van der Waals surface area contributed by atoms with Crippen LogP contribution in [0.25, 0.3) is 0 Å². The molecule has 24 heavy (non-hydrogen) atoms. The number of carbonyl (C=O) groups is 1. The van der Waals surface area contributed by atoms with Gasteiger partial charge in [-0.2, -0.15) is 0 Å². The second-order valence-corrected chi connectivity index (χ2v) is 8.39. The Balaban J connectivity index is 1.79. The highest BCUT2D eigenvalue weighted by molar-refractivity contribution is 7.89. The van der Waals surface area contributed by atoms with Gasteiger partial charge in [-0.25, -0.2) is 12.7 Å². The number of ether oxygens (including phenoxy) is 1. The Bertz CT molecular complexity index is 680. The Hall–Kier alpha value is -1.60. The Morgan fingerprint density at radius 2 is 1.96 bits per heavy atom. The smallest absolute Gasteiger partial charge is 0.258 e. The van der Waals surface area contributed by atoms with Crippen molar-refractivity contribution in [2.75, 3.05) is 25.4 Å². The van der Waals surface area contributed by atoms with E-state index in [1.807, 2.05) is 32.0 Å². The number of amides is 1. The summed E-state index contributed by atoms with van der Waals surface area (Å²) in [6.07, 6.45) is 1.27. The van der Waals surface area contributed by atoms with Gasteiger partial charge in [0.05, 0.1) is 5.75 Å². The number of rotatable bonds is 6. The van der Waals surface area contributed by atoms with Crippen molar-refractivity contribution >= 4 is 15.9 Å². The summed E-state index contributed by atoms with van der Waals surface area (Å²) < 4.78 is 30.7. The molecule has 1 saturated heterocycles. The molecule has 0 spiro atoms. The summed E-state index contributed by atoms with van der Waals surface area (Å²) in [5.41, 5.74) is 2.15. The van der Waals surface area contributed by atoms with Gasteiger partial charge in [-0.1, -0.05) is 12.1 Å². The molecule has 0 saturated carbocycles. The number of nitrogens with one attached hydrogen (secondary N) is 1. The summed E-state index contributed by atoms with van der Waals surface area (Å²) in [7, 11) is -3.13. The zero-order chi connectivity index (χ0) is 17.7. The minimum absolute atomic E-state index is 0.00279. The predicted octanol–water partition coefficient (Wildman–Crippen LogP) is 1.61. The van der Waals surface area contributed by atoms with Crippen molar-refractivity contribution in [1.29, 1.82) is 0 Å². The van der Waals surface area contributed by atoms with E-state index in [4.69, 9.17) is 4.74 Å². The van der Waals surface area contributed by atoms with Crippen molar-refractivity contribution in [3.63, 3.8) is 0 Å². The summed E-state index contributed by atoms with van der Waals surface area (Å²) >= 11 is 0. The first-order chi connectivity index (χ1) is 11.3. The molecule has 0 aromatic heterocycles. The van der Waals surface area contributed by atoms with Gasteiger partial charge in [0.2, 0.25) is 10.0 Å². The summed E-state index contributed by atoms with van der Waals surface area (Å²) in [6, 6.07) is 5.76. The maximum atomic E-state index is 12.0. The second-order valence-electron chi connectivity index (χ2n) is 6.13. The molecule has 2 rings (SSSR count). The molecule has 1 aliphatic heterocycles. The summed E-state index contributed by atoms with van der Waals surface area (Å²) in [5.74, 6) is 0.662. The van der Waals surface area contributed by atoms with Gasteiger partial charge in [0.15, 0.2) is 6.61 Å². The number of sulfonamides is 1. The molecule has 0 unspecified atom stereocenters. The van der Waals surface area contributed by atoms with Crippen molar-refractivity contribution in [2.45, 2.75) is 39.7 Å². The molecule has 0 atom stereocenters. The number of benzene rings is 1. The first-order valence-electron chi connectivity index (χ1n) is 8.29. The molecule has 1 aliphatic rings. The number of nitrogens with zero attached hydrogens (tertiary/aromatic N) is 1. The number of hydrogen-bond donors (Lipinski definition) is 1. The standard InChI is InChI=1S/C17H26N2O4S/c1-4-24(21,22)19-10-8-15(9-11-19)18-17(20)12-23-16-7-5-6-13(2)14(16)3/h5-7,15H,4,8-12H2,1-3H3,(H,18,20). The van der Waals surface area contributed by atoms with E-state index in [2.05, 4.69) is 5.32 Å². The van der Waals surface area contributed by atoms with E-state index in [0.29, 0.717) is 31.7 Å². The monoisotopic (exact) mass is 354 g/mol. The molecular formula is C17H26N2O4S. The minimum atomic E-state index is -3.13. The third-order valence-corrected chi connectivity index (χ3v) is 6.37. The molecule has 0 radical (unpaired) electrons. The molecule has 7 heteroatoms. The van der Waals surface area contributed by atoms with Crippen molar-refractivity contribution in [1.82, 2.24) is 9.62 Å². The van der Waals surface area contributed by atoms with Gasteiger partial charge in [0.25, 0.3) is 5.91 Å². The van der Waals surface area contributed by atoms with Gasteiger partial charge < -0.3 is 10.1 Å². The maximum absolute atomic E-state index is 12.0. The number of hydrogen-bond acceptors (Lipinski definition) is 4. The Morgan fingerprint density at radius 1 is 1.29 bits per heavy atom. The van der Waals surface area contributed by atoms with Crippen LogP contribution in [0.1, 0.15) is 30.9 Å². The zero-order valence-electron chi connectivity index (χ0n) is 14.5. The minimum Gasteiger partial charge on any atom is -0.483 e. The van der Waals surface area contributed by atoms with Gasteiger partial charge in [-0.05, 0) is 50.8 Å². The van der Waals surface area contributed by atoms with E-state index >= 15 is 0 Å². The largest absolute Gasteiger partial charge is 0.483 e. The molecule has 0 aliphatic carbocycles. The Labute approximate surface area is 144 Å². The lowest BCUT2D eigenvalue weighted by Gasteiger charge is -2.31. The normalized spacial score (nSPS) is 16.8. The molecule has 1 fully saturated rings. The van der Waals surface area contributed by atoms with Crippen LogP contribution in [0, 0.1) is 13.8 Å². The van der Waals surface area contributed by atoms with Crippen LogP contribution in [0.3, 0.4) is 0 Å². The number of carbonyl (C=O) groups excluding carboxylic acids is 1. The van der Waals surface area contributed by atoms with E-state index in [9.17, 15) is 13.2 Å². The molecule has 1 heterocycles. The first kappa shape index (κ1) is 18.7. The maximum Gasteiger partial charge on any atom is 0.258 e. The Kier molecular flexibility index (Phi) is 6.23. The van der Waals surface area contributed by atoms with E-state index in [0.717, 1.165) is 11.1 Å². The van der Waals surface area contributed by atoms with Crippen LogP contribution in [0.15, 0.2) is 18.2 Å². The average Bonchev–Trinajstić information content (AvgIpc) is 2.56. The van der Waals surface area contributed by atoms with Crippen LogP contribution in [0.5, 0.6) is 5.75 Å². The SMILES string of the molecule is CCS(=O)(=O)N1CCC(NC(=O)COc2cccc(C)c2C)CC1. The molecule has 1 N–H and O–H groups in total. The third-order valence-electron chi connectivity index (χ3n) is 4.49. The second kappa shape index (κ2) is 7.98. The lowest BCUT2D eigenvalue weighted by molar-refractivity contribution is -0.124. The Morgan fingerprint density at radius 3 is 2.58 bits per heavy atom. The molecule has 0 bridgehead atoms. The highest BCUT2D eigenvalue weighted by atomic mass is 32.2. The van der Waals surface area contributed by atoms with Gasteiger partial charge in [-0.15, -0.1) is 0 Å². The van der Waals surface area contributed by atoms with Crippen molar-refractivity contribution in [3.8, 4) is 5.75 Å². The van der Waals surface area contributed by atoms with E-state index < -0.39 is 10.0 Å². The molecule has 134 valence electrons. The fraction of sp³-hybridized carbons (Fsp3) is 0.588. The van der Waals surface area contributed by atoms with Crippen LogP contribution < -0.4 is 10.1 Å². The highest BCUT2D eigenvalue weighted by Gasteiger charge is 2.27. The lowest BCUT2D eigenvalue weighted by atomic mass is 10.1. The van der Waals surface area contributed by atoms with Gasteiger partial charge >= 0.3 is 0 Å². The summed E-state index contributed by atoms with van der Waals surface area (Å²) in [5, 5.41) is 2.93. The molecular weight excluding hydrogens is 328 g/mol. The van der Waals surface area contributed by atoms with Crippen LogP contribution in [-0.2, 0) is 14.8 Å². The molecule has 1 aromatic rings. The fourth-order valence-electron chi connectivity index (χ4n) is 2.75.